The lowest BCUT2D eigenvalue weighted by molar-refractivity contribution is 0.0769. The molecule has 0 saturated heterocycles. The third kappa shape index (κ3) is 6.39. The van der Waals surface area contributed by atoms with Crippen molar-refractivity contribution in [3.05, 3.63) is 29.8 Å². The number of Topliss-reactive ketones (excluding diaryl/α,β-unsaturated/α-hetero) is 1. The second kappa shape index (κ2) is 9.11. The van der Waals surface area contributed by atoms with Crippen LogP contribution in [0.2, 0.25) is 0 Å². The number of likely N-dealkylation sites (N-methyl/N-ethyl adjacent to an activating group) is 1. The molecular formula is C16H22N2O3. The fourth-order valence-corrected chi connectivity index (χ4v) is 1.88. The maximum atomic E-state index is 11.5. The van der Waals surface area contributed by atoms with Gasteiger partial charge in [-0.05, 0) is 31.3 Å². The van der Waals surface area contributed by atoms with E-state index >= 15 is 0 Å². The third-order valence-corrected chi connectivity index (χ3v) is 3.07. The maximum Gasteiger partial charge on any atom is 0.162 e. The zero-order valence-corrected chi connectivity index (χ0v) is 12.6. The lowest BCUT2D eigenvalue weighted by Crippen LogP contribution is -2.33. The van der Waals surface area contributed by atoms with E-state index in [1.807, 2.05) is 18.9 Å². The number of nitrogens with zero attached hydrogens (tertiary/aromatic N) is 2. The Morgan fingerprint density at radius 1 is 1.43 bits per heavy atom. The van der Waals surface area contributed by atoms with Gasteiger partial charge >= 0.3 is 0 Å². The molecule has 1 aromatic rings. The zero-order chi connectivity index (χ0) is 15.7. The van der Waals surface area contributed by atoms with Gasteiger partial charge in [0.2, 0.25) is 0 Å². The molecule has 114 valence electrons. The minimum atomic E-state index is -0.620. The number of carbonyl (C=O) groups excluding carboxylic acids is 1. The Morgan fingerprint density at radius 2 is 2.10 bits per heavy atom. The minimum Gasteiger partial charge on any atom is -0.491 e. The molecule has 1 aromatic carbocycles. The van der Waals surface area contributed by atoms with Gasteiger partial charge in [0.1, 0.15) is 18.5 Å². The summed E-state index contributed by atoms with van der Waals surface area (Å²) < 4.78 is 5.49. The van der Waals surface area contributed by atoms with Gasteiger partial charge < -0.3 is 14.7 Å². The van der Waals surface area contributed by atoms with Crippen molar-refractivity contribution in [1.82, 2.24) is 4.90 Å². The molecule has 0 amide bonds. The molecule has 21 heavy (non-hydrogen) atoms. The number of aliphatic hydroxyl groups is 1. The highest BCUT2D eigenvalue weighted by molar-refractivity contribution is 5.95. The van der Waals surface area contributed by atoms with Gasteiger partial charge in [-0.3, -0.25) is 4.79 Å². The summed E-state index contributed by atoms with van der Waals surface area (Å²) in [6.45, 7) is 3.08. The standard InChI is InChI=1S/C16H22N2O3/c1-3-16(20)13-5-7-15(8-6-13)21-12-14(19)11-18(2)10-4-9-17/h5-8,14,19H,3-4,10-12H2,1-2H3. The van der Waals surface area contributed by atoms with Crippen molar-refractivity contribution in [2.75, 3.05) is 26.7 Å². The van der Waals surface area contributed by atoms with E-state index in [9.17, 15) is 9.90 Å². The van der Waals surface area contributed by atoms with E-state index < -0.39 is 6.10 Å². The molecule has 0 fully saturated rings. The molecule has 0 aliphatic rings. The molecule has 0 aliphatic carbocycles. The van der Waals surface area contributed by atoms with E-state index in [2.05, 4.69) is 6.07 Å². The molecule has 1 N–H and O–H groups in total. The Bertz CT molecular complexity index is 479. The smallest absolute Gasteiger partial charge is 0.162 e. The Hall–Kier alpha value is -1.90. The molecule has 1 atom stereocenters. The van der Waals surface area contributed by atoms with Gasteiger partial charge in [-0.25, -0.2) is 0 Å². The van der Waals surface area contributed by atoms with Crippen molar-refractivity contribution in [3.8, 4) is 11.8 Å². The average molecular weight is 290 g/mol. The highest BCUT2D eigenvalue weighted by Crippen LogP contribution is 2.13. The third-order valence-electron chi connectivity index (χ3n) is 3.07. The summed E-state index contributed by atoms with van der Waals surface area (Å²) >= 11 is 0. The molecule has 0 bridgehead atoms. The highest BCUT2D eigenvalue weighted by atomic mass is 16.5. The van der Waals surface area contributed by atoms with Crippen LogP contribution in [0.5, 0.6) is 5.75 Å². The van der Waals surface area contributed by atoms with Crippen LogP contribution in [0.25, 0.3) is 0 Å². The van der Waals surface area contributed by atoms with E-state index in [0.717, 1.165) is 0 Å². The Kier molecular flexibility index (Phi) is 7.44. The summed E-state index contributed by atoms with van der Waals surface area (Å²) in [4.78, 5) is 13.4. The predicted octanol–water partition coefficient (Wildman–Crippen LogP) is 1.86. The second-order valence-electron chi connectivity index (χ2n) is 4.94. The van der Waals surface area contributed by atoms with Crippen molar-refractivity contribution in [2.45, 2.75) is 25.9 Å². The topological polar surface area (TPSA) is 73.6 Å². The van der Waals surface area contributed by atoms with E-state index in [-0.39, 0.29) is 12.4 Å². The summed E-state index contributed by atoms with van der Waals surface area (Å²) in [7, 11) is 1.85. The molecule has 0 saturated carbocycles. The summed E-state index contributed by atoms with van der Waals surface area (Å²) in [6, 6.07) is 8.99. The summed E-state index contributed by atoms with van der Waals surface area (Å²) in [5.41, 5.74) is 0.668. The van der Waals surface area contributed by atoms with Crippen LogP contribution in [0.15, 0.2) is 24.3 Å². The molecule has 5 nitrogen and oxygen atoms in total. The van der Waals surface area contributed by atoms with Crippen LogP contribution in [0, 0.1) is 11.3 Å². The molecule has 0 aromatic heterocycles. The van der Waals surface area contributed by atoms with Gasteiger partial charge in [-0.1, -0.05) is 6.92 Å². The first-order valence-electron chi connectivity index (χ1n) is 7.06. The van der Waals surface area contributed by atoms with Crippen molar-refractivity contribution in [2.24, 2.45) is 0 Å². The molecule has 1 rings (SSSR count). The number of carbonyl (C=O) groups is 1. The molecule has 0 heterocycles. The van der Waals surface area contributed by atoms with Gasteiger partial charge in [-0.2, -0.15) is 5.26 Å². The summed E-state index contributed by atoms with van der Waals surface area (Å²) in [6.07, 6.45) is 0.302. The fourth-order valence-electron chi connectivity index (χ4n) is 1.88. The van der Waals surface area contributed by atoms with E-state index in [1.54, 1.807) is 24.3 Å². The van der Waals surface area contributed by atoms with Crippen LogP contribution >= 0.6 is 0 Å². The van der Waals surface area contributed by atoms with Crippen molar-refractivity contribution in [1.29, 1.82) is 5.26 Å². The van der Waals surface area contributed by atoms with E-state index in [4.69, 9.17) is 10.00 Å². The average Bonchev–Trinajstić information content (AvgIpc) is 2.50. The molecule has 5 heteroatoms. The first kappa shape index (κ1) is 17.2. The number of hydrogen-bond donors (Lipinski definition) is 1. The second-order valence-corrected chi connectivity index (χ2v) is 4.94. The van der Waals surface area contributed by atoms with Gasteiger partial charge in [0, 0.05) is 31.5 Å². The number of ether oxygens (including phenoxy) is 1. The largest absolute Gasteiger partial charge is 0.491 e. The van der Waals surface area contributed by atoms with E-state index in [0.29, 0.717) is 37.2 Å². The summed E-state index contributed by atoms with van der Waals surface area (Å²) in [5, 5.41) is 18.4. The molecule has 1 unspecified atom stereocenters. The number of rotatable bonds is 9. The number of benzene rings is 1. The van der Waals surface area contributed by atoms with Crippen LogP contribution < -0.4 is 4.74 Å². The zero-order valence-electron chi connectivity index (χ0n) is 12.6. The predicted molar refractivity (Wildman–Crippen MR) is 80.3 cm³/mol. The fraction of sp³-hybridized carbons (Fsp3) is 0.500. The molecule has 0 radical (unpaired) electrons. The maximum absolute atomic E-state index is 11.5. The van der Waals surface area contributed by atoms with Crippen LogP contribution in [0.3, 0.4) is 0 Å². The van der Waals surface area contributed by atoms with Crippen LogP contribution in [0.1, 0.15) is 30.1 Å². The van der Waals surface area contributed by atoms with Gasteiger partial charge in [0.05, 0.1) is 6.07 Å². The Balaban J connectivity index is 2.37. The molecular weight excluding hydrogens is 268 g/mol. The first-order valence-corrected chi connectivity index (χ1v) is 7.06. The van der Waals surface area contributed by atoms with Crippen molar-refractivity contribution in [3.63, 3.8) is 0 Å². The number of aliphatic hydroxyl groups excluding tert-OH is 1. The normalized spacial score (nSPS) is 12.0. The number of nitriles is 1. The number of hydrogen-bond acceptors (Lipinski definition) is 5. The highest BCUT2D eigenvalue weighted by Gasteiger charge is 2.09. The summed E-state index contributed by atoms with van der Waals surface area (Å²) in [5.74, 6) is 0.724. The minimum absolute atomic E-state index is 0.0979. The lowest BCUT2D eigenvalue weighted by Gasteiger charge is -2.19. The number of ketones is 1. The van der Waals surface area contributed by atoms with Crippen LogP contribution in [-0.2, 0) is 0 Å². The molecule has 0 spiro atoms. The Labute approximate surface area is 125 Å². The van der Waals surface area contributed by atoms with Gasteiger partial charge in [0.15, 0.2) is 5.78 Å². The Morgan fingerprint density at radius 3 is 2.67 bits per heavy atom. The quantitative estimate of drug-likeness (QED) is 0.703. The monoisotopic (exact) mass is 290 g/mol. The van der Waals surface area contributed by atoms with Gasteiger partial charge in [-0.15, -0.1) is 0 Å². The van der Waals surface area contributed by atoms with Crippen LogP contribution in [-0.4, -0.2) is 48.6 Å². The van der Waals surface area contributed by atoms with Crippen molar-refractivity contribution >= 4 is 5.78 Å². The van der Waals surface area contributed by atoms with Crippen LogP contribution in [0.4, 0.5) is 0 Å². The first-order chi connectivity index (χ1) is 10.1. The SMILES string of the molecule is CCC(=O)c1ccc(OCC(O)CN(C)CCC#N)cc1. The van der Waals surface area contributed by atoms with Crippen molar-refractivity contribution < 1.29 is 14.6 Å². The lowest BCUT2D eigenvalue weighted by atomic mass is 10.1. The van der Waals surface area contributed by atoms with Gasteiger partial charge in [0.25, 0.3) is 0 Å². The van der Waals surface area contributed by atoms with E-state index in [1.165, 1.54) is 0 Å². The molecule has 0 aliphatic heterocycles.